The maximum Gasteiger partial charge on any atom is 0.175 e. The van der Waals surface area contributed by atoms with Crippen LogP contribution in [0.4, 0.5) is 0 Å². The summed E-state index contributed by atoms with van der Waals surface area (Å²) in [6.45, 7) is 2.67. The molecule has 0 bridgehead atoms. The van der Waals surface area contributed by atoms with E-state index in [0.29, 0.717) is 50.5 Å². The molecule has 0 aliphatic heterocycles. The molecule has 0 N–H and O–H groups in total. The molecule has 0 fully saturated rings. The highest BCUT2D eigenvalue weighted by molar-refractivity contribution is 9.10. The van der Waals surface area contributed by atoms with Gasteiger partial charge in [-0.05, 0) is 46.6 Å². The van der Waals surface area contributed by atoms with E-state index in [1.165, 1.54) is 13.2 Å². The molecule has 0 saturated heterocycles. The number of benzene rings is 2. The number of nitrogens with zero attached hydrogens (tertiary/aromatic N) is 1. The van der Waals surface area contributed by atoms with Gasteiger partial charge < -0.3 is 24.1 Å². The van der Waals surface area contributed by atoms with E-state index >= 15 is 0 Å². The number of para-hydroxylation sites is 1. The van der Waals surface area contributed by atoms with Gasteiger partial charge in [-0.3, -0.25) is 0 Å². The molecule has 1 aromatic heterocycles. The number of carboxylic acid groups (broad SMARTS) is 1. The van der Waals surface area contributed by atoms with E-state index < -0.39 is 5.97 Å². The van der Waals surface area contributed by atoms with Gasteiger partial charge in [-0.15, -0.1) is 0 Å². The molecular formula is C22H21BrNO5-. The van der Waals surface area contributed by atoms with Crippen molar-refractivity contribution in [3.05, 3.63) is 46.4 Å². The summed E-state index contributed by atoms with van der Waals surface area (Å²) in [5.74, 6) is 0.334. The Kier molecular flexibility index (Phi) is 6.59. The summed E-state index contributed by atoms with van der Waals surface area (Å²) in [6, 6.07) is 10.2. The van der Waals surface area contributed by atoms with Gasteiger partial charge in [-0.25, -0.2) is 4.98 Å². The fourth-order valence-corrected chi connectivity index (χ4v) is 3.59. The molecule has 1 heterocycles. The average Bonchev–Trinajstić information content (AvgIpc) is 2.73. The Morgan fingerprint density at radius 2 is 1.90 bits per heavy atom. The Bertz CT molecular complexity index is 1050. The van der Waals surface area contributed by atoms with Crippen LogP contribution in [0.3, 0.4) is 0 Å². The van der Waals surface area contributed by atoms with E-state index in [0.717, 1.165) is 12.8 Å². The van der Waals surface area contributed by atoms with Crippen molar-refractivity contribution >= 4 is 32.8 Å². The maximum atomic E-state index is 11.8. The number of halogens is 1. The van der Waals surface area contributed by atoms with Crippen LogP contribution in [0.25, 0.3) is 22.2 Å². The largest absolute Gasteiger partial charge is 0.545 e. The maximum absolute atomic E-state index is 11.8. The van der Waals surface area contributed by atoms with E-state index in [-0.39, 0.29) is 5.56 Å². The molecule has 152 valence electrons. The van der Waals surface area contributed by atoms with Gasteiger partial charge in [0.1, 0.15) is 11.3 Å². The van der Waals surface area contributed by atoms with Crippen molar-refractivity contribution in [1.29, 1.82) is 0 Å². The predicted octanol–water partition coefficient (Wildman–Crippen LogP) is 4.22. The lowest BCUT2D eigenvalue weighted by Gasteiger charge is -2.16. The van der Waals surface area contributed by atoms with Crippen molar-refractivity contribution in [1.82, 2.24) is 4.98 Å². The Morgan fingerprint density at radius 1 is 1.14 bits per heavy atom. The zero-order valence-corrected chi connectivity index (χ0v) is 18.0. The molecule has 3 aromatic rings. The second-order valence-electron chi connectivity index (χ2n) is 6.39. The average molecular weight is 459 g/mol. The first kappa shape index (κ1) is 20.9. The fraction of sp³-hybridized carbons (Fsp3) is 0.273. The van der Waals surface area contributed by atoms with Crippen LogP contribution < -0.4 is 19.3 Å². The number of hydrogen-bond acceptors (Lipinski definition) is 6. The Balaban J connectivity index is 2.17. The quantitative estimate of drug-likeness (QED) is 0.470. The first-order valence-corrected chi connectivity index (χ1v) is 9.99. The van der Waals surface area contributed by atoms with Gasteiger partial charge in [0.05, 0.1) is 37.0 Å². The molecule has 0 radical (unpaired) electrons. The monoisotopic (exact) mass is 458 g/mol. The van der Waals surface area contributed by atoms with Gasteiger partial charge in [-0.2, -0.15) is 0 Å². The summed E-state index contributed by atoms with van der Waals surface area (Å²) in [5.41, 5.74) is 1.62. The van der Waals surface area contributed by atoms with Crippen LogP contribution in [-0.4, -0.2) is 31.8 Å². The Morgan fingerprint density at radius 3 is 2.55 bits per heavy atom. The van der Waals surface area contributed by atoms with Crippen LogP contribution in [-0.2, 0) is 0 Å². The number of aromatic carboxylic acids is 1. The molecule has 0 aliphatic rings. The lowest BCUT2D eigenvalue weighted by molar-refractivity contribution is -0.254. The topological polar surface area (TPSA) is 80.7 Å². The number of fused-ring (bicyclic) bond motifs is 1. The molecule has 0 unspecified atom stereocenters. The Hall–Kier alpha value is -2.80. The highest BCUT2D eigenvalue weighted by Crippen LogP contribution is 2.40. The van der Waals surface area contributed by atoms with Crippen molar-refractivity contribution in [3.63, 3.8) is 0 Å². The third-order valence-corrected chi connectivity index (χ3v) is 5.10. The third-order valence-electron chi connectivity index (χ3n) is 4.51. The van der Waals surface area contributed by atoms with Gasteiger partial charge >= 0.3 is 0 Å². The van der Waals surface area contributed by atoms with Gasteiger partial charge in [0.2, 0.25) is 0 Å². The number of ether oxygens (including phenoxy) is 3. The summed E-state index contributed by atoms with van der Waals surface area (Å²) < 4.78 is 17.4. The van der Waals surface area contributed by atoms with Crippen molar-refractivity contribution in [2.75, 3.05) is 20.8 Å². The van der Waals surface area contributed by atoms with Crippen molar-refractivity contribution in [2.45, 2.75) is 19.8 Å². The second kappa shape index (κ2) is 9.13. The Labute approximate surface area is 177 Å². The third kappa shape index (κ3) is 4.29. The van der Waals surface area contributed by atoms with Crippen LogP contribution in [0.2, 0.25) is 0 Å². The number of carbonyl (C=O) groups is 1. The van der Waals surface area contributed by atoms with Gasteiger partial charge in [-0.1, -0.05) is 25.5 Å². The van der Waals surface area contributed by atoms with E-state index in [1.807, 2.05) is 6.07 Å². The van der Waals surface area contributed by atoms with Gasteiger partial charge in [0.15, 0.2) is 11.5 Å². The normalized spacial score (nSPS) is 10.8. The summed E-state index contributed by atoms with van der Waals surface area (Å²) in [5, 5.41) is 12.2. The van der Waals surface area contributed by atoms with Crippen LogP contribution in [0.1, 0.15) is 30.1 Å². The van der Waals surface area contributed by atoms with Crippen LogP contribution in [0.15, 0.2) is 40.9 Å². The lowest BCUT2D eigenvalue weighted by atomic mass is 10.0. The van der Waals surface area contributed by atoms with E-state index in [9.17, 15) is 9.90 Å². The van der Waals surface area contributed by atoms with Gasteiger partial charge in [0.25, 0.3) is 0 Å². The minimum absolute atomic E-state index is 0.0438. The smallest absolute Gasteiger partial charge is 0.175 e. The first-order valence-electron chi connectivity index (χ1n) is 9.20. The summed E-state index contributed by atoms with van der Waals surface area (Å²) >= 11 is 3.53. The zero-order valence-electron chi connectivity index (χ0n) is 16.5. The van der Waals surface area contributed by atoms with Crippen molar-refractivity contribution < 1.29 is 24.1 Å². The van der Waals surface area contributed by atoms with E-state index in [2.05, 4.69) is 27.8 Å². The predicted molar refractivity (Wildman–Crippen MR) is 113 cm³/mol. The number of unbranched alkanes of at least 4 members (excludes halogenated alkanes) is 1. The summed E-state index contributed by atoms with van der Waals surface area (Å²) in [7, 11) is 3.07. The number of hydrogen-bond donors (Lipinski definition) is 0. The number of methoxy groups -OCH3 is 2. The van der Waals surface area contributed by atoms with Crippen LogP contribution in [0, 0.1) is 0 Å². The van der Waals surface area contributed by atoms with Crippen LogP contribution in [0.5, 0.6) is 17.2 Å². The minimum Gasteiger partial charge on any atom is -0.545 e. The highest BCUT2D eigenvalue weighted by atomic mass is 79.9. The minimum atomic E-state index is -1.28. The van der Waals surface area contributed by atoms with Crippen molar-refractivity contribution in [3.8, 4) is 28.5 Å². The number of aromatic nitrogens is 1. The molecule has 0 saturated carbocycles. The lowest BCUT2D eigenvalue weighted by Crippen LogP contribution is -2.22. The molecule has 7 heteroatoms. The molecule has 0 aliphatic carbocycles. The molecule has 0 atom stereocenters. The molecule has 3 rings (SSSR count). The molecular weight excluding hydrogens is 438 g/mol. The first-order chi connectivity index (χ1) is 14.0. The molecule has 0 spiro atoms. The summed E-state index contributed by atoms with van der Waals surface area (Å²) in [6.07, 6.45) is 1.95. The molecule has 0 amide bonds. The number of carbonyl (C=O) groups excluding carboxylic acids is 1. The number of rotatable bonds is 8. The van der Waals surface area contributed by atoms with E-state index in [1.54, 1.807) is 31.4 Å². The zero-order chi connectivity index (χ0) is 21.0. The van der Waals surface area contributed by atoms with Crippen LogP contribution >= 0.6 is 15.9 Å². The summed E-state index contributed by atoms with van der Waals surface area (Å²) in [4.78, 5) is 16.4. The number of pyridine rings is 1. The molecule has 2 aromatic carbocycles. The highest BCUT2D eigenvalue weighted by Gasteiger charge is 2.16. The standard InChI is InChI=1S/C22H22BrNO5/c1-4-5-9-29-21-16(23)10-13(11-19(21)28-3)17-12-15(22(25)26)14-7-6-8-18(27-2)20(14)24-17/h6-8,10-12H,4-5,9H2,1-3H3,(H,25,26)/p-1. The van der Waals surface area contributed by atoms with Crippen molar-refractivity contribution in [2.24, 2.45) is 0 Å². The fourth-order valence-electron chi connectivity index (χ4n) is 3.03. The second-order valence-corrected chi connectivity index (χ2v) is 7.24. The van der Waals surface area contributed by atoms with Gasteiger partial charge in [0, 0.05) is 16.5 Å². The molecule has 29 heavy (non-hydrogen) atoms. The number of carboxylic acids is 1. The van der Waals surface area contributed by atoms with E-state index in [4.69, 9.17) is 14.2 Å². The SMILES string of the molecule is CCCCOc1c(Br)cc(-c2cc(C(=O)[O-])c3cccc(OC)c3n2)cc1OC. The molecule has 6 nitrogen and oxygen atoms in total.